The van der Waals surface area contributed by atoms with Crippen molar-refractivity contribution in [2.45, 2.75) is 40.5 Å². The predicted molar refractivity (Wildman–Crippen MR) is 138 cm³/mol. The molecule has 0 unspecified atom stereocenters. The molecule has 1 aliphatic rings. The van der Waals surface area contributed by atoms with Gasteiger partial charge in [0.1, 0.15) is 5.69 Å². The number of anilines is 2. The van der Waals surface area contributed by atoms with E-state index in [9.17, 15) is 4.79 Å². The Hall–Kier alpha value is -3.06. The third-order valence-corrected chi connectivity index (χ3v) is 6.24. The average Bonchev–Trinajstić information content (AvgIpc) is 3.32. The number of amides is 1. The highest BCUT2D eigenvalue weighted by atomic mass is 16.2. The van der Waals surface area contributed by atoms with Crippen LogP contribution < -0.4 is 15.8 Å². The van der Waals surface area contributed by atoms with Crippen molar-refractivity contribution in [3.8, 4) is 0 Å². The van der Waals surface area contributed by atoms with Gasteiger partial charge in [0.2, 0.25) is 0 Å². The Balaban J connectivity index is 0.00000149. The molecule has 7 nitrogen and oxygen atoms in total. The molecule has 7 heteroatoms. The van der Waals surface area contributed by atoms with E-state index in [1.165, 1.54) is 0 Å². The molecule has 0 aliphatic carbocycles. The molecule has 0 bridgehead atoms. The van der Waals surface area contributed by atoms with Crippen LogP contribution in [0.2, 0.25) is 0 Å². The summed E-state index contributed by atoms with van der Waals surface area (Å²) in [6.45, 7) is 12.3. The Kier molecular flexibility index (Phi) is 8.72. The Morgan fingerprint density at radius 3 is 2.52 bits per heavy atom. The number of nitrogens with one attached hydrogen (secondary N) is 1. The van der Waals surface area contributed by atoms with Crippen LogP contribution in [-0.2, 0) is 0 Å². The first-order valence-corrected chi connectivity index (χ1v) is 12.2. The van der Waals surface area contributed by atoms with E-state index >= 15 is 0 Å². The first kappa shape index (κ1) is 24.6. The molecule has 0 radical (unpaired) electrons. The van der Waals surface area contributed by atoms with E-state index in [1.54, 1.807) is 5.01 Å². The minimum atomic E-state index is 0.0933. The van der Waals surface area contributed by atoms with E-state index in [0.29, 0.717) is 11.6 Å². The number of piperidine rings is 1. The molecule has 3 aromatic rings. The molecule has 4 rings (SSSR count). The van der Waals surface area contributed by atoms with Crippen molar-refractivity contribution in [3.63, 3.8) is 0 Å². The van der Waals surface area contributed by atoms with E-state index in [1.807, 2.05) is 74.3 Å². The number of pyridine rings is 1. The van der Waals surface area contributed by atoms with E-state index in [0.717, 1.165) is 68.0 Å². The van der Waals surface area contributed by atoms with Gasteiger partial charge in [0, 0.05) is 49.8 Å². The van der Waals surface area contributed by atoms with Crippen LogP contribution in [0.1, 0.15) is 51.0 Å². The fraction of sp³-hybridized carbons (Fsp3) is 0.462. The number of hydrazine groups is 1. The lowest BCUT2D eigenvalue weighted by atomic mass is 9.96. The van der Waals surface area contributed by atoms with E-state index in [4.69, 9.17) is 5.84 Å². The second-order valence-corrected chi connectivity index (χ2v) is 8.18. The van der Waals surface area contributed by atoms with Crippen LogP contribution in [0.25, 0.3) is 10.9 Å². The Bertz CT molecular complexity index is 991. The average molecular weight is 451 g/mol. The van der Waals surface area contributed by atoms with Gasteiger partial charge in [0.15, 0.2) is 5.82 Å². The third kappa shape index (κ3) is 5.66. The lowest BCUT2D eigenvalue weighted by molar-refractivity contribution is 0.0688. The summed E-state index contributed by atoms with van der Waals surface area (Å²) in [5.41, 5.74) is 2.64. The molecule has 0 atom stereocenters. The number of para-hydroxylation sites is 1. The van der Waals surface area contributed by atoms with Gasteiger partial charge in [0.05, 0.1) is 5.69 Å². The molecule has 0 saturated carbocycles. The van der Waals surface area contributed by atoms with Gasteiger partial charge < -0.3 is 19.8 Å². The zero-order chi connectivity index (χ0) is 23.8. The van der Waals surface area contributed by atoms with Crippen molar-refractivity contribution >= 4 is 28.3 Å². The maximum Gasteiger partial charge on any atom is 0.270 e. The third-order valence-electron chi connectivity index (χ3n) is 6.24. The lowest BCUT2D eigenvalue weighted by Crippen LogP contribution is -2.42. The normalized spacial score (nSPS) is 14.0. The molecule has 33 heavy (non-hydrogen) atoms. The van der Waals surface area contributed by atoms with Gasteiger partial charge in [-0.2, -0.15) is 0 Å². The highest BCUT2D eigenvalue weighted by Gasteiger charge is 2.26. The number of rotatable bonds is 7. The number of aromatic nitrogens is 2. The van der Waals surface area contributed by atoms with Crippen LogP contribution in [0, 0.1) is 5.92 Å². The fourth-order valence-electron chi connectivity index (χ4n) is 4.38. The fourth-order valence-corrected chi connectivity index (χ4v) is 4.38. The minimum absolute atomic E-state index is 0.0933. The lowest BCUT2D eigenvalue weighted by Gasteiger charge is -2.35. The summed E-state index contributed by atoms with van der Waals surface area (Å²) >= 11 is 0. The van der Waals surface area contributed by atoms with Crippen molar-refractivity contribution in [2.24, 2.45) is 11.8 Å². The molecule has 0 spiro atoms. The monoisotopic (exact) mass is 450 g/mol. The highest BCUT2D eigenvalue weighted by molar-refractivity contribution is 5.98. The Morgan fingerprint density at radius 2 is 1.85 bits per heavy atom. The topological polar surface area (TPSA) is 81.5 Å². The number of carbonyl (C=O) groups is 1. The first-order chi connectivity index (χ1) is 16.1. The van der Waals surface area contributed by atoms with Crippen molar-refractivity contribution < 1.29 is 4.79 Å². The van der Waals surface area contributed by atoms with E-state index in [-0.39, 0.29) is 5.91 Å². The number of carbonyl (C=O) groups excluding carboxylic acids is 1. The standard InChI is InChI=1S/C24H32N6O.C2H6/c1-3-28(23-22(30(25)4-2)10-7-13-26-23)17-18-11-14-29(15-12-18)24(31)21-16-19-8-5-6-9-20(19)27-21;1-2/h5-10,13,16,18,27H,3-4,11-12,14-15,17,25H2,1-2H3;1-2H3. The van der Waals surface area contributed by atoms with Crippen LogP contribution >= 0.6 is 0 Å². The number of H-pyrrole nitrogens is 1. The summed E-state index contributed by atoms with van der Waals surface area (Å²) in [7, 11) is 0. The van der Waals surface area contributed by atoms with Gasteiger partial charge in [-0.15, -0.1) is 0 Å². The summed E-state index contributed by atoms with van der Waals surface area (Å²) < 4.78 is 0. The molecule has 1 amide bonds. The molecule has 1 fully saturated rings. The molecule has 178 valence electrons. The van der Waals surface area contributed by atoms with Gasteiger partial charge in [-0.3, -0.25) is 4.79 Å². The van der Waals surface area contributed by atoms with Crippen molar-refractivity contribution in [1.29, 1.82) is 0 Å². The number of benzene rings is 1. The van der Waals surface area contributed by atoms with E-state index < -0.39 is 0 Å². The Labute approximate surface area is 197 Å². The number of nitrogens with zero attached hydrogens (tertiary/aromatic N) is 4. The quantitative estimate of drug-likeness (QED) is 0.404. The number of hydrogen-bond acceptors (Lipinski definition) is 5. The molecule has 1 saturated heterocycles. The highest BCUT2D eigenvalue weighted by Crippen LogP contribution is 2.28. The maximum absolute atomic E-state index is 13.0. The summed E-state index contributed by atoms with van der Waals surface area (Å²) in [6, 6.07) is 13.9. The van der Waals surface area contributed by atoms with Crippen molar-refractivity contribution in [3.05, 3.63) is 54.4 Å². The SMILES string of the molecule is CC.CCN(N)c1cccnc1N(CC)CC1CCN(C(=O)c2cc3ccccc3[nH]2)CC1. The molecule has 3 N–H and O–H groups in total. The molecule has 2 aromatic heterocycles. The number of likely N-dealkylation sites (tertiary alicyclic amines) is 1. The number of aromatic amines is 1. The molecular formula is C26H38N6O. The second kappa shape index (κ2) is 11.7. The summed E-state index contributed by atoms with van der Waals surface area (Å²) in [5.74, 6) is 7.73. The summed E-state index contributed by atoms with van der Waals surface area (Å²) in [6.07, 6.45) is 3.81. The Morgan fingerprint density at radius 1 is 1.12 bits per heavy atom. The zero-order valence-electron chi connectivity index (χ0n) is 20.4. The number of hydrogen-bond donors (Lipinski definition) is 2. The molecule has 1 aliphatic heterocycles. The van der Waals surface area contributed by atoms with Gasteiger partial charge in [-0.1, -0.05) is 32.0 Å². The van der Waals surface area contributed by atoms with Crippen LogP contribution in [0.3, 0.4) is 0 Å². The minimum Gasteiger partial charge on any atom is -0.355 e. The van der Waals surface area contributed by atoms with Crippen LogP contribution in [-0.4, -0.2) is 53.5 Å². The molecule has 1 aromatic carbocycles. The van der Waals surface area contributed by atoms with Crippen LogP contribution in [0.4, 0.5) is 11.5 Å². The molecule has 3 heterocycles. The second-order valence-electron chi connectivity index (χ2n) is 8.18. The van der Waals surface area contributed by atoms with E-state index in [2.05, 4.69) is 21.8 Å². The maximum atomic E-state index is 13.0. The van der Waals surface area contributed by atoms with Gasteiger partial charge in [0.25, 0.3) is 5.91 Å². The predicted octanol–water partition coefficient (Wildman–Crippen LogP) is 4.67. The zero-order valence-corrected chi connectivity index (χ0v) is 20.4. The summed E-state index contributed by atoms with van der Waals surface area (Å²) in [5, 5.41) is 2.82. The molecular weight excluding hydrogens is 412 g/mol. The number of nitrogens with two attached hydrogens (primary N) is 1. The number of fused-ring (bicyclic) bond motifs is 1. The summed E-state index contributed by atoms with van der Waals surface area (Å²) in [4.78, 5) is 25.2. The first-order valence-electron chi connectivity index (χ1n) is 12.2. The van der Waals surface area contributed by atoms with Crippen molar-refractivity contribution in [2.75, 3.05) is 42.6 Å². The van der Waals surface area contributed by atoms with Crippen molar-refractivity contribution in [1.82, 2.24) is 14.9 Å². The largest absolute Gasteiger partial charge is 0.355 e. The smallest absolute Gasteiger partial charge is 0.270 e. The van der Waals surface area contributed by atoms with Gasteiger partial charge in [-0.05, 0) is 56.9 Å². The van der Waals surface area contributed by atoms with Gasteiger partial charge in [-0.25, -0.2) is 10.8 Å². The van der Waals surface area contributed by atoms with Gasteiger partial charge >= 0.3 is 0 Å². The van der Waals surface area contributed by atoms with Crippen LogP contribution in [0.5, 0.6) is 0 Å². The van der Waals surface area contributed by atoms with Crippen LogP contribution in [0.15, 0.2) is 48.7 Å².